The maximum atomic E-state index is 12.2. The maximum absolute atomic E-state index is 12.2. The third kappa shape index (κ3) is 9.78. The number of ether oxygens (including phenoxy) is 1. The van der Waals surface area contributed by atoms with Crippen molar-refractivity contribution in [2.45, 2.75) is 46.6 Å². The van der Waals surface area contributed by atoms with E-state index in [0.717, 1.165) is 12.0 Å². The number of primary amides is 1. The number of halogens is 1. The Morgan fingerprint density at radius 1 is 1.25 bits per heavy atom. The van der Waals surface area contributed by atoms with Crippen LogP contribution in [-0.2, 0) is 9.53 Å². The van der Waals surface area contributed by atoms with Crippen LogP contribution in [0.4, 0.5) is 10.1 Å². The molecule has 6 nitrogen and oxygen atoms in total. The first kappa shape index (κ1) is 25.2. The highest BCUT2D eigenvalue weighted by Crippen LogP contribution is 2.10. The number of hydrogen-bond donors (Lipinski definition) is 2. The van der Waals surface area contributed by atoms with Crippen LogP contribution in [0.3, 0.4) is 0 Å². The molecule has 1 unspecified atom stereocenters. The van der Waals surface area contributed by atoms with E-state index in [1.807, 2.05) is 33.8 Å². The van der Waals surface area contributed by atoms with E-state index < -0.39 is 12.0 Å². The van der Waals surface area contributed by atoms with Gasteiger partial charge in [0.05, 0.1) is 0 Å². The Kier molecular flexibility index (Phi) is 12.9. The van der Waals surface area contributed by atoms with Crippen molar-refractivity contribution in [1.82, 2.24) is 4.98 Å². The van der Waals surface area contributed by atoms with E-state index in [0.29, 0.717) is 12.1 Å². The molecular weight excluding hydrogens is 361 g/mol. The van der Waals surface area contributed by atoms with E-state index in [1.54, 1.807) is 12.1 Å². The first-order valence-electron chi connectivity index (χ1n) is 9.19. The largest absolute Gasteiger partial charge is 0.372 e. The van der Waals surface area contributed by atoms with Gasteiger partial charge in [-0.25, -0.2) is 4.39 Å². The van der Waals surface area contributed by atoms with Crippen molar-refractivity contribution in [2.24, 2.45) is 5.73 Å². The minimum atomic E-state index is -0.636. The number of aryl methyl sites for hydroxylation is 1. The first-order valence-corrected chi connectivity index (χ1v) is 9.19. The number of rotatable bonds is 6. The lowest BCUT2D eigenvalue weighted by Gasteiger charge is -2.14. The second-order valence-electron chi connectivity index (χ2n) is 5.60. The van der Waals surface area contributed by atoms with E-state index >= 15 is 0 Å². The van der Waals surface area contributed by atoms with Crippen LogP contribution < -0.4 is 11.1 Å². The Balaban J connectivity index is 0.000000604. The zero-order chi connectivity index (χ0) is 21.5. The average molecular weight is 391 g/mol. The van der Waals surface area contributed by atoms with Crippen LogP contribution >= 0.6 is 0 Å². The predicted molar refractivity (Wildman–Crippen MR) is 110 cm³/mol. The number of pyridine rings is 1. The summed E-state index contributed by atoms with van der Waals surface area (Å²) in [5.74, 6) is -1.05. The summed E-state index contributed by atoms with van der Waals surface area (Å²) in [6.45, 7) is 7.83. The van der Waals surface area contributed by atoms with Gasteiger partial charge in [0.15, 0.2) is 0 Å². The quantitative estimate of drug-likeness (QED) is 0.775. The van der Waals surface area contributed by atoms with Gasteiger partial charge in [-0.15, -0.1) is 0 Å². The molecule has 7 heteroatoms. The Bertz CT molecular complexity index is 721. The molecule has 0 aliphatic carbocycles. The van der Waals surface area contributed by atoms with E-state index in [4.69, 9.17) is 10.5 Å². The molecule has 0 fully saturated rings. The summed E-state index contributed by atoms with van der Waals surface area (Å²) in [4.78, 5) is 26.6. The zero-order valence-corrected chi connectivity index (χ0v) is 17.2. The fraction of sp³-hybridized carbons (Fsp3) is 0.381. The van der Waals surface area contributed by atoms with Crippen molar-refractivity contribution in [2.75, 3.05) is 12.4 Å². The molecule has 1 aromatic heterocycles. The van der Waals surface area contributed by atoms with Gasteiger partial charge in [-0.3, -0.25) is 14.6 Å². The van der Waals surface area contributed by atoms with Gasteiger partial charge in [-0.2, -0.15) is 0 Å². The lowest BCUT2D eigenvalue weighted by atomic mass is 10.2. The minimum Gasteiger partial charge on any atom is -0.372 e. The topological polar surface area (TPSA) is 94.3 Å². The first-order chi connectivity index (χ1) is 13.4. The number of nitrogens with zero attached hydrogens (tertiary/aromatic N) is 1. The monoisotopic (exact) mass is 391 g/mol. The molecule has 0 saturated carbocycles. The van der Waals surface area contributed by atoms with Crippen molar-refractivity contribution in [3.8, 4) is 0 Å². The molecule has 1 aromatic carbocycles. The molecule has 2 amide bonds. The number of methoxy groups -OCH3 is 1. The van der Waals surface area contributed by atoms with Gasteiger partial charge in [-0.05, 0) is 43.2 Å². The number of amides is 2. The minimum absolute atomic E-state index is 0.109. The normalized spacial score (nSPS) is 10.5. The summed E-state index contributed by atoms with van der Waals surface area (Å²) >= 11 is 0. The molecule has 0 spiro atoms. The van der Waals surface area contributed by atoms with Gasteiger partial charge < -0.3 is 15.8 Å². The van der Waals surface area contributed by atoms with Crippen LogP contribution in [0.15, 0.2) is 42.6 Å². The summed E-state index contributed by atoms with van der Waals surface area (Å²) < 4.78 is 17.3. The molecule has 0 saturated heterocycles. The molecule has 1 heterocycles. The van der Waals surface area contributed by atoms with E-state index in [-0.39, 0.29) is 17.4 Å². The molecule has 1 atom stereocenters. The van der Waals surface area contributed by atoms with E-state index in [9.17, 15) is 14.0 Å². The van der Waals surface area contributed by atoms with Crippen LogP contribution in [0.1, 0.15) is 49.7 Å². The smallest absolute Gasteiger partial charge is 0.267 e. The molecule has 0 radical (unpaired) electrons. The fourth-order valence-electron chi connectivity index (χ4n) is 2.09. The highest BCUT2D eigenvalue weighted by Gasteiger charge is 2.17. The summed E-state index contributed by atoms with van der Waals surface area (Å²) in [6.07, 6.45) is 2.39. The number of nitrogens with two attached hydrogens (primary N) is 1. The van der Waals surface area contributed by atoms with Crippen LogP contribution in [-0.4, -0.2) is 30.0 Å². The third-order valence-corrected chi connectivity index (χ3v) is 3.39. The van der Waals surface area contributed by atoms with Gasteiger partial charge >= 0.3 is 0 Å². The maximum Gasteiger partial charge on any atom is 0.267 e. The Hall–Kier alpha value is -2.80. The average Bonchev–Trinajstić information content (AvgIpc) is 2.68. The number of anilines is 1. The van der Waals surface area contributed by atoms with Gasteiger partial charge in [0.2, 0.25) is 0 Å². The van der Waals surface area contributed by atoms with Crippen molar-refractivity contribution in [1.29, 1.82) is 0 Å². The number of benzene rings is 1. The van der Waals surface area contributed by atoms with E-state index in [1.165, 1.54) is 31.5 Å². The summed E-state index contributed by atoms with van der Waals surface area (Å²) in [7, 11) is 1.49. The SMILES string of the molecule is CC.CCCC(OC)C(=O)Nc1ccnc(C(N)=O)c1.Cc1cccc(F)c1. The van der Waals surface area contributed by atoms with E-state index in [2.05, 4.69) is 10.3 Å². The molecule has 154 valence electrons. The zero-order valence-electron chi connectivity index (χ0n) is 17.2. The number of nitrogens with one attached hydrogen (secondary N) is 1. The van der Waals surface area contributed by atoms with Gasteiger partial charge in [0.1, 0.15) is 17.6 Å². The summed E-state index contributed by atoms with van der Waals surface area (Å²) in [5.41, 5.74) is 6.65. The lowest BCUT2D eigenvalue weighted by molar-refractivity contribution is -0.126. The standard InChI is InChI=1S/C12H17N3O3.C7H7F.C2H6/c1-3-4-10(18-2)12(17)15-8-5-6-14-9(7-8)11(13)16;1-6-3-2-4-7(8)5-6;1-2/h5-7,10H,3-4H2,1-2H3,(H2,13,16)(H,14,15,17);2-5H,1H3;1-2H3. The van der Waals surface area contributed by atoms with Crippen molar-refractivity contribution in [3.63, 3.8) is 0 Å². The lowest BCUT2D eigenvalue weighted by Crippen LogP contribution is -2.29. The van der Waals surface area contributed by atoms with Gasteiger partial charge in [-0.1, -0.05) is 39.3 Å². The van der Waals surface area contributed by atoms with Crippen molar-refractivity contribution in [3.05, 3.63) is 59.7 Å². The summed E-state index contributed by atoms with van der Waals surface area (Å²) in [6, 6.07) is 9.52. The highest BCUT2D eigenvalue weighted by molar-refractivity contribution is 5.96. The van der Waals surface area contributed by atoms with Crippen LogP contribution in [0.5, 0.6) is 0 Å². The molecular formula is C21H30FN3O3. The molecule has 3 N–H and O–H groups in total. The van der Waals surface area contributed by atoms with Gasteiger partial charge in [0, 0.05) is 19.0 Å². The number of hydrogen-bond acceptors (Lipinski definition) is 4. The summed E-state index contributed by atoms with van der Waals surface area (Å²) in [5, 5.41) is 2.66. The Morgan fingerprint density at radius 3 is 2.39 bits per heavy atom. The second-order valence-corrected chi connectivity index (χ2v) is 5.60. The Labute approximate surface area is 166 Å². The number of carbonyl (C=O) groups is 2. The van der Waals surface area contributed by atoms with Crippen LogP contribution in [0.2, 0.25) is 0 Å². The van der Waals surface area contributed by atoms with Crippen molar-refractivity contribution < 1.29 is 18.7 Å². The highest BCUT2D eigenvalue weighted by atomic mass is 19.1. The van der Waals surface area contributed by atoms with Crippen LogP contribution in [0, 0.1) is 12.7 Å². The second kappa shape index (κ2) is 14.3. The molecule has 0 bridgehead atoms. The van der Waals surface area contributed by atoms with Crippen LogP contribution in [0.25, 0.3) is 0 Å². The number of carbonyl (C=O) groups excluding carboxylic acids is 2. The molecule has 28 heavy (non-hydrogen) atoms. The number of aromatic nitrogens is 1. The molecule has 0 aliphatic heterocycles. The third-order valence-electron chi connectivity index (χ3n) is 3.39. The predicted octanol–water partition coefficient (Wildman–Crippen LogP) is 4.09. The van der Waals surface area contributed by atoms with Gasteiger partial charge in [0.25, 0.3) is 11.8 Å². The van der Waals surface area contributed by atoms with Crippen molar-refractivity contribution >= 4 is 17.5 Å². The molecule has 2 aromatic rings. The molecule has 0 aliphatic rings. The molecule has 2 rings (SSSR count). The Morgan fingerprint density at radius 2 is 1.93 bits per heavy atom. The fourth-order valence-corrected chi connectivity index (χ4v) is 2.09.